The Bertz CT molecular complexity index is 446. The smallest absolute Gasteiger partial charge is 0.121 e. The molecular weight excluding hydrogens is 248 g/mol. The van der Waals surface area contributed by atoms with Crippen LogP contribution in [0, 0.1) is 12.3 Å². The first-order valence-electron chi connectivity index (χ1n) is 7.55. The molecule has 2 rings (SSSR count). The number of likely N-dealkylation sites (tertiary alicyclic amines) is 1. The van der Waals surface area contributed by atoms with E-state index < -0.39 is 0 Å². The fourth-order valence-electron chi connectivity index (χ4n) is 3.05. The highest BCUT2D eigenvalue weighted by atomic mass is 16.5. The van der Waals surface area contributed by atoms with E-state index in [4.69, 9.17) is 10.5 Å². The van der Waals surface area contributed by atoms with Crippen molar-refractivity contribution in [1.29, 1.82) is 0 Å². The summed E-state index contributed by atoms with van der Waals surface area (Å²) in [6.45, 7) is 9.76. The summed E-state index contributed by atoms with van der Waals surface area (Å²) in [5, 5.41) is 0. The minimum absolute atomic E-state index is 0.329. The van der Waals surface area contributed by atoms with Crippen LogP contribution in [0.5, 0.6) is 5.75 Å². The van der Waals surface area contributed by atoms with Gasteiger partial charge in [0.05, 0.1) is 7.11 Å². The summed E-state index contributed by atoms with van der Waals surface area (Å²) in [5.74, 6) is 0.948. The molecule has 1 saturated heterocycles. The Morgan fingerprint density at radius 1 is 1.30 bits per heavy atom. The Hall–Kier alpha value is -1.06. The van der Waals surface area contributed by atoms with Gasteiger partial charge in [0.25, 0.3) is 0 Å². The number of ether oxygens (including phenoxy) is 1. The predicted octanol–water partition coefficient (Wildman–Crippen LogP) is 3.13. The molecule has 0 radical (unpaired) electrons. The molecule has 1 unspecified atom stereocenters. The van der Waals surface area contributed by atoms with Gasteiger partial charge in [-0.25, -0.2) is 0 Å². The van der Waals surface area contributed by atoms with Crippen LogP contribution in [0.2, 0.25) is 0 Å². The minimum atomic E-state index is 0.329. The van der Waals surface area contributed by atoms with Crippen LogP contribution in [0.1, 0.15) is 43.9 Å². The van der Waals surface area contributed by atoms with Gasteiger partial charge in [-0.15, -0.1) is 0 Å². The second kappa shape index (κ2) is 6.15. The second-order valence-corrected chi connectivity index (χ2v) is 6.68. The first kappa shape index (κ1) is 15.3. The number of rotatable bonds is 4. The maximum Gasteiger partial charge on any atom is 0.121 e. The second-order valence-electron chi connectivity index (χ2n) is 6.68. The van der Waals surface area contributed by atoms with Crippen LogP contribution in [-0.2, 0) is 0 Å². The molecule has 0 bridgehead atoms. The number of hydrogen-bond acceptors (Lipinski definition) is 3. The van der Waals surface area contributed by atoms with E-state index in [1.807, 2.05) is 0 Å². The van der Waals surface area contributed by atoms with E-state index in [1.165, 1.54) is 24.0 Å². The summed E-state index contributed by atoms with van der Waals surface area (Å²) < 4.78 is 5.34. The third-order valence-electron chi connectivity index (χ3n) is 4.62. The van der Waals surface area contributed by atoms with Crippen molar-refractivity contribution >= 4 is 0 Å². The average molecular weight is 276 g/mol. The van der Waals surface area contributed by atoms with Crippen LogP contribution < -0.4 is 10.5 Å². The lowest BCUT2D eigenvalue weighted by Crippen LogP contribution is -2.42. The molecule has 1 aliphatic rings. The summed E-state index contributed by atoms with van der Waals surface area (Å²) in [6, 6.07) is 6.76. The van der Waals surface area contributed by atoms with Crippen molar-refractivity contribution in [2.75, 3.05) is 26.7 Å². The van der Waals surface area contributed by atoms with Gasteiger partial charge in [-0.05, 0) is 55.5 Å². The van der Waals surface area contributed by atoms with Gasteiger partial charge in [-0.1, -0.05) is 26.0 Å². The van der Waals surface area contributed by atoms with Crippen LogP contribution >= 0.6 is 0 Å². The van der Waals surface area contributed by atoms with Crippen LogP contribution in [0.3, 0.4) is 0 Å². The monoisotopic (exact) mass is 276 g/mol. The molecule has 1 aliphatic heterocycles. The first-order valence-corrected chi connectivity index (χ1v) is 7.55. The normalized spacial score (nSPS) is 20.6. The highest BCUT2D eigenvalue weighted by Crippen LogP contribution is 2.34. The highest BCUT2D eigenvalue weighted by Gasteiger charge is 2.29. The molecule has 112 valence electrons. The molecule has 0 aromatic heterocycles. The number of piperidine rings is 1. The Morgan fingerprint density at radius 2 is 1.95 bits per heavy atom. The molecule has 1 fully saturated rings. The molecule has 3 heteroatoms. The van der Waals surface area contributed by atoms with Gasteiger partial charge in [0.2, 0.25) is 0 Å². The van der Waals surface area contributed by atoms with Gasteiger partial charge in [-0.2, -0.15) is 0 Å². The molecule has 1 atom stereocenters. The minimum Gasteiger partial charge on any atom is -0.496 e. The summed E-state index contributed by atoms with van der Waals surface area (Å²) in [4.78, 5) is 2.53. The molecule has 20 heavy (non-hydrogen) atoms. The van der Waals surface area contributed by atoms with E-state index >= 15 is 0 Å². The Kier molecular flexibility index (Phi) is 4.71. The molecule has 0 amide bonds. The molecule has 0 aliphatic carbocycles. The number of hydrogen-bond donors (Lipinski definition) is 1. The molecular formula is C17H28N2O. The molecule has 1 aromatic carbocycles. The lowest BCUT2D eigenvalue weighted by atomic mass is 9.82. The summed E-state index contributed by atoms with van der Waals surface area (Å²) in [5.41, 5.74) is 9.02. The standard InChI is InChI=1S/C17H28N2O/c1-13-11-14(5-6-16(13)20-4)15(12-18)19-9-7-17(2,3)8-10-19/h5-6,11,15H,7-10,12,18H2,1-4H3. The van der Waals surface area contributed by atoms with E-state index in [0.29, 0.717) is 18.0 Å². The maximum absolute atomic E-state index is 6.05. The van der Waals surface area contributed by atoms with Crippen molar-refractivity contribution in [3.05, 3.63) is 29.3 Å². The van der Waals surface area contributed by atoms with Crippen molar-refractivity contribution in [1.82, 2.24) is 4.90 Å². The van der Waals surface area contributed by atoms with E-state index in [1.54, 1.807) is 7.11 Å². The van der Waals surface area contributed by atoms with Gasteiger partial charge in [0.15, 0.2) is 0 Å². The number of benzene rings is 1. The van der Waals surface area contributed by atoms with Gasteiger partial charge in [0.1, 0.15) is 5.75 Å². The van der Waals surface area contributed by atoms with Crippen LogP contribution in [0.25, 0.3) is 0 Å². The first-order chi connectivity index (χ1) is 9.46. The Morgan fingerprint density at radius 3 is 2.45 bits per heavy atom. The summed E-state index contributed by atoms with van der Waals surface area (Å²) in [7, 11) is 1.72. The van der Waals surface area contributed by atoms with Gasteiger partial charge < -0.3 is 10.5 Å². The van der Waals surface area contributed by atoms with Crippen molar-refractivity contribution in [2.24, 2.45) is 11.1 Å². The lowest BCUT2D eigenvalue weighted by Gasteiger charge is -2.41. The number of nitrogens with zero attached hydrogens (tertiary/aromatic N) is 1. The zero-order valence-corrected chi connectivity index (χ0v) is 13.3. The number of methoxy groups -OCH3 is 1. The molecule has 1 aromatic rings. The molecule has 3 nitrogen and oxygen atoms in total. The third-order valence-corrected chi connectivity index (χ3v) is 4.62. The molecule has 0 saturated carbocycles. The van der Waals surface area contributed by atoms with E-state index in [2.05, 4.69) is 43.9 Å². The van der Waals surface area contributed by atoms with Crippen molar-refractivity contribution in [2.45, 2.75) is 39.7 Å². The van der Waals surface area contributed by atoms with Crippen molar-refractivity contribution < 1.29 is 4.74 Å². The van der Waals surface area contributed by atoms with Crippen molar-refractivity contribution in [3.8, 4) is 5.75 Å². The number of aryl methyl sites for hydroxylation is 1. The average Bonchev–Trinajstić information content (AvgIpc) is 2.41. The maximum atomic E-state index is 6.05. The van der Waals surface area contributed by atoms with Crippen LogP contribution in [0.15, 0.2) is 18.2 Å². The van der Waals surface area contributed by atoms with E-state index in [9.17, 15) is 0 Å². The quantitative estimate of drug-likeness (QED) is 0.918. The topological polar surface area (TPSA) is 38.5 Å². The largest absolute Gasteiger partial charge is 0.496 e. The zero-order valence-electron chi connectivity index (χ0n) is 13.3. The van der Waals surface area contributed by atoms with Gasteiger partial charge >= 0.3 is 0 Å². The lowest BCUT2D eigenvalue weighted by molar-refractivity contribution is 0.0963. The molecule has 1 heterocycles. The highest BCUT2D eigenvalue weighted by molar-refractivity contribution is 5.37. The van der Waals surface area contributed by atoms with E-state index in [0.717, 1.165) is 18.8 Å². The van der Waals surface area contributed by atoms with Crippen LogP contribution in [0.4, 0.5) is 0 Å². The SMILES string of the molecule is COc1ccc(C(CN)N2CCC(C)(C)CC2)cc1C. The Labute approximate surface area is 123 Å². The third kappa shape index (κ3) is 3.33. The van der Waals surface area contributed by atoms with Crippen molar-refractivity contribution in [3.63, 3.8) is 0 Å². The van der Waals surface area contributed by atoms with Gasteiger partial charge in [-0.3, -0.25) is 4.90 Å². The molecule has 0 spiro atoms. The fraction of sp³-hybridized carbons (Fsp3) is 0.647. The molecule has 2 N–H and O–H groups in total. The predicted molar refractivity (Wildman–Crippen MR) is 84.1 cm³/mol. The number of nitrogens with two attached hydrogens (primary N) is 1. The summed E-state index contributed by atoms with van der Waals surface area (Å²) in [6.07, 6.45) is 2.50. The van der Waals surface area contributed by atoms with Crippen LogP contribution in [-0.4, -0.2) is 31.6 Å². The zero-order chi connectivity index (χ0) is 14.8. The Balaban J connectivity index is 2.14. The van der Waals surface area contributed by atoms with Gasteiger partial charge in [0, 0.05) is 12.6 Å². The van der Waals surface area contributed by atoms with E-state index in [-0.39, 0.29) is 0 Å². The summed E-state index contributed by atoms with van der Waals surface area (Å²) >= 11 is 0. The fourth-order valence-corrected chi connectivity index (χ4v) is 3.05.